The molecular weight excluding hydrogens is 368 g/mol. The first-order valence-electron chi connectivity index (χ1n) is 10.0. The van der Waals surface area contributed by atoms with Crippen LogP contribution in [0.2, 0.25) is 0 Å². The molecule has 150 valence electrons. The summed E-state index contributed by atoms with van der Waals surface area (Å²) in [7, 11) is 0. The molecule has 0 aliphatic rings. The lowest BCUT2D eigenvalue weighted by atomic mass is 10.1. The number of hydrogen-bond donors (Lipinski definition) is 2. The van der Waals surface area contributed by atoms with Gasteiger partial charge in [-0.25, -0.2) is 0 Å². The molecule has 0 unspecified atom stereocenters. The fourth-order valence-electron chi connectivity index (χ4n) is 2.61. The zero-order valence-electron chi connectivity index (χ0n) is 17.0. The number of pyridine rings is 1. The van der Waals surface area contributed by atoms with Crippen LogP contribution < -0.4 is 10.6 Å². The number of amides is 1. The Bertz CT molecular complexity index is 845. The van der Waals surface area contributed by atoms with Crippen molar-refractivity contribution in [2.75, 3.05) is 18.4 Å². The third kappa shape index (κ3) is 6.60. The van der Waals surface area contributed by atoms with Crippen molar-refractivity contribution in [1.82, 2.24) is 14.7 Å². The molecule has 0 aliphatic heterocycles. The average molecular weight is 399 g/mol. The molecule has 0 atom stereocenters. The van der Waals surface area contributed by atoms with Gasteiger partial charge in [-0.2, -0.15) is 4.37 Å². The van der Waals surface area contributed by atoms with Crippen molar-refractivity contribution in [3.05, 3.63) is 53.7 Å². The predicted octanol–water partition coefficient (Wildman–Crippen LogP) is 5.29. The van der Waals surface area contributed by atoms with Gasteiger partial charge >= 0.3 is 0 Å². The van der Waals surface area contributed by atoms with Gasteiger partial charge in [0.2, 0.25) is 0 Å². The number of rotatable bonds is 8. The van der Waals surface area contributed by atoms with Crippen LogP contribution in [0.1, 0.15) is 56.0 Å². The van der Waals surface area contributed by atoms with E-state index in [1.54, 1.807) is 6.20 Å². The molecule has 0 bridgehead atoms. The summed E-state index contributed by atoms with van der Waals surface area (Å²) < 4.78 is 5.45. The Kier molecular flexibility index (Phi) is 9.42. The highest BCUT2D eigenvalue weighted by Crippen LogP contribution is 2.23. The summed E-state index contributed by atoms with van der Waals surface area (Å²) in [5.41, 5.74) is 2.89. The molecular formula is C22H30N4OS. The standard InChI is InChI=1S/C19H22N4OS.C3H8/c1-2-5-14-7-9-15(10-8-14)19(24)22-13-4-12-21-18-17-16(25-23-18)6-3-11-20-17;1-3-2/h3,6-11H,2,4-5,12-13H2,1H3,(H,21,23)(H,22,24);3H2,1-2H3. The van der Waals surface area contributed by atoms with Crippen LogP contribution in [0, 0.1) is 0 Å². The highest BCUT2D eigenvalue weighted by atomic mass is 32.1. The van der Waals surface area contributed by atoms with E-state index in [4.69, 9.17) is 0 Å². The lowest BCUT2D eigenvalue weighted by Gasteiger charge is -2.07. The number of aromatic nitrogens is 2. The zero-order chi connectivity index (χ0) is 20.2. The van der Waals surface area contributed by atoms with Crippen LogP contribution in [0.4, 0.5) is 5.82 Å². The monoisotopic (exact) mass is 398 g/mol. The molecule has 2 aromatic heterocycles. The molecule has 3 rings (SSSR count). The maximum absolute atomic E-state index is 12.1. The first kappa shape index (κ1) is 21.8. The van der Waals surface area contributed by atoms with Gasteiger partial charge in [0.25, 0.3) is 5.91 Å². The SMILES string of the molecule is CCC.CCCc1ccc(C(=O)NCCCNc2nsc3cccnc23)cc1. The van der Waals surface area contributed by atoms with E-state index in [1.807, 2.05) is 36.4 Å². The summed E-state index contributed by atoms with van der Waals surface area (Å²) >= 11 is 1.44. The van der Waals surface area contributed by atoms with Crippen LogP contribution >= 0.6 is 11.5 Å². The van der Waals surface area contributed by atoms with Crippen molar-refractivity contribution in [1.29, 1.82) is 0 Å². The van der Waals surface area contributed by atoms with Crippen LogP contribution in [-0.2, 0) is 6.42 Å². The van der Waals surface area contributed by atoms with Gasteiger partial charge < -0.3 is 10.6 Å². The minimum absolute atomic E-state index is 0.0242. The number of anilines is 1. The van der Waals surface area contributed by atoms with E-state index in [2.05, 4.69) is 40.8 Å². The minimum atomic E-state index is -0.0242. The highest BCUT2D eigenvalue weighted by Gasteiger charge is 2.07. The molecule has 28 heavy (non-hydrogen) atoms. The van der Waals surface area contributed by atoms with Gasteiger partial charge in [0, 0.05) is 24.8 Å². The Morgan fingerprint density at radius 2 is 1.82 bits per heavy atom. The number of nitrogens with zero attached hydrogens (tertiary/aromatic N) is 2. The molecule has 0 aliphatic carbocycles. The van der Waals surface area contributed by atoms with Crippen molar-refractivity contribution in [3.8, 4) is 0 Å². The van der Waals surface area contributed by atoms with Crippen molar-refractivity contribution in [2.24, 2.45) is 0 Å². The number of carbonyl (C=O) groups excluding carboxylic acids is 1. The number of benzene rings is 1. The third-order valence-electron chi connectivity index (χ3n) is 3.92. The quantitative estimate of drug-likeness (QED) is 0.506. The van der Waals surface area contributed by atoms with E-state index in [0.717, 1.165) is 41.8 Å². The van der Waals surface area contributed by atoms with Crippen molar-refractivity contribution in [3.63, 3.8) is 0 Å². The van der Waals surface area contributed by atoms with Gasteiger partial charge in [0.1, 0.15) is 5.52 Å². The number of carbonyl (C=O) groups is 1. The fraction of sp³-hybridized carbons (Fsp3) is 0.409. The summed E-state index contributed by atoms with van der Waals surface area (Å²) in [6.07, 6.45) is 6.01. The molecule has 2 N–H and O–H groups in total. The molecule has 0 spiro atoms. The lowest BCUT2D eigenvalue weighted by Crippen LogP contribution is -2.25. The van der Waals surface area contributed by atoms with Crippen LogP contribution in [0.25, 0.3) is 10.2 Å². The summed E-state index contributed by atoms with van der Waals surface area (Å²) in [6.45, 7) is 7.77. The lowest BCUT2D eigenvalue weighted by molar-refractivity contribution is 0.0953. The summed E-state index contributed by atoms with van der Waals surface area (Å²) in [5.74, 6) is 0.794. The van der Waals surface area contributed by atoms with E-state index < -0.39 is 0 Å². The highest BCUT2D eigenvalue weighted by molar-refractivity contribution is 7.13. The first-order valence-corrected chi connectivity index (χ1v) is 10.8. The van der Waals surface area contributed by atoms with E-state index in [0.29, 0.717) is 12.1 Å². The molecule has 5 nitrogen and oxygen atoms in total. The number of hydrogen-bond acceptors (Lipinski definition) is 5. The Hall–Kier alpha value is -2.47. The Morgan fingerprint density at radius 1 is 1.07 bits per heavy atom. The van der Waals surface area contributed by atoms with Crippen molar-refractivity contribution in [2.45, 2.75) is 46.5 Å². The van der Waals surface area contributed by atoms with Crippen LogP contribution in [-0.4, -0.2) is 28.4 Å². The van der Waals surface area contributed by atoms with Crippen LogP contribution in [0.5, 0.6) is 0 Å². The average Bonchev–Trinajstić information content (AvgIpc) is 3.12. The largest absolute Gasteiger partial charge is 0.367 e. The maximum Gasteiger partial charge on any atom is 0.251 e. The van der Waals surface area contributed by atoms with Gasteiger partial charge in [-0.1, -0.05) is 45.7 Å². The van der Waals surface area contributed by atoms with Gasteiger partial charge in [-0.15, -0.1) is 0 Å². The first-order chi connectivity index (χ1) is 13.7. The number of nitrogens with one attached hydrogen (secondary N) is 2. The minimum Gasteiger partial charge on any atom is -0.367 e. The van der Waals surface area contributed by atoms with Gasteiger partial charge in [-0.3, -0.25) is 9.78 Å². The predicted molar refractivity (Wildman–Crippen MR) is 119 cm³/mol. The van der Waals surface area contributed by atoms with E-state index in [1.165, 1.54) is 23.5 Å². The number of fused-ring (bicyclic) bond motifs is 1. The van der Waals surface area contributed by atoms with Crippen molar-refractivity contribution < 1.29 is 4.79 Å². The second-order valence-electron chi connectivity index (χ2n) is 6.57. The van der Waals surface area contributed by atoms with E-state index >= 15 is 0 Å². The van der Waals surface area contributed by atoms with Gasteiger partial charge in [-0.05, 0) is 54.2 Å². The molecule has 0 saturated heterocycles. The molecule has 3 aromatic rings. The summed E-state index contributed by atoms with van der Waals surface area (Å²) in [6, 6.07) is 11.8. The second kappa shape index (κ2) is 12.1. The van der Waals surface area contributed by atoms with Gasteiger partial charge in [0.05, 0.1) is 4.70 Å². The zero-order valence-corrected chi connectivity index (χ0v) is 17.8. The normalized spacial score (nSPS) is 10.2. The Balaban J connectivity index is 0.000000878. The molecule has 1 amide bonds. The Labute approximate surface area is 171 Å². The topological polar surface area (TPSA) is 66.9 Å². The van der Waals surface area contributed by atoms with Crippen LogP contribution in [0.15, 0.2) is 42.6 Å². The number of aryl methyl sites for hydroxylation is 1. The molecule has 2 heterocycles. The summed E-state index contributed by atoms with van der Waals surface area (Å²) in [5, 5.41) is 6.24. The molecule has 0 fully saturated rings. The smallest absolute Gasteiger partial charge is 0.251 e. The van der Waals surface area contributed by atoms with Gasteiger partial charge in [0.15, 0.2) is 5.82 Å². The maximum atomic E-state index is 12.1. The molecule has 6 heteroatoms. The molecule has 1 aromatic carbocycles. The van der Waals surface area contributed by atoms with E-state index in [9.17, 15) is 4.79 Å². The molecule has 0 radical (unpaired) electrons. The fourth-order valence-corrected chi connectivity index (χ4v) is 3.32. The Morgan fingerprint density at radius 3 is 2.54 bits per heavy atom. The van der Waals surface area contributed by atoms with E-state index in [-0.39, 0.29) is 5.91 Å². The van der Waals surface area contributed by atoms with Crippen LogP contribution in [0.3, 0.4) is 0 Å². The summed E-state index contributed by atoms with van der Waals surface area (Å²) in [4.78, 5) is 16.5. The third-order valence-corrected chi connectivity index (χ3v) is 4.72. The van der Waals surface area contributed by atoms with Crippen molar-refractivity contribution >= 4 is 33.5 Å². The molecule has 0 saturated carbocycles. The second-order valence-corrected chi connectivity index (χ2v) is 7.38.